The van der Waals surface area contributed by atoms with Crippen LogP contribution in [0.3, 0.4) is 0 Å². The molecule has 1 heterocycles. The fourth-order valence-corrected chi connectivity index (χ4v) is 3.35. The van der Waals surface area contributed by atoms with Crippen LogP contribution in [0, 0.1) is 5.41 Å². The molecule has 1 spiro atoms. The van der Waals surface area contributed by atoms with Crippen molar-refractivity contribution in [1.29, 1.82) is 0 Å². The highest BCUT2D eigenvalue weighted by Gasteiger charge is 2.58. The van der Waals surface area contributed by atoms with E-state index in [1.165, 1.54) is 25.3 Å². The largest absolute Gasteiger partial charge is 0.477 e. The first kappa shape index (κ1) is 12.4. The third-order valence-electron chi connectivity index (χ3n) is 4.64. The molecule has 0 saturated heterocycles. The zero-order valence-electron chi connectivity index (χ0n) is 10.9. The van der Waals surface area contributed by atoms with Crippen molar-refractivity contribution in [3.8, 4) is 0 Å². The summed E-state index contributed by atoms with van der Waals surface area (Å²) in [5.74, 6) is -0.351. The molecule has 2 aliphatic rings. The topological polar surface area (TPSA) is 71.5 Å². The average molecular weight is 262 g/mol. The van der Waals surface area contributed by atoms with E-state index in [2.05, 4.69) is 10.3 Å². The van der Waals surface area contributed by atoms with Crippen LogP contribution in [0.15, 0.2) is 18.2 Å². The summed E-state index contributed by atoms with van der Waals surface area (Å²) in [6.07, 6.45) is 4.92. The maximum absolute atomic E-state index is 10.9. The van der Waals surface area contributed by atoms with Gasteiger partial charge in [-0.15, -0.1) is 0 Å². The Morgan fingerprint density at radius 3 is 2.89 bits per heavy atom. The van der Waals surface area contributed by atoms with Crippen molar-refractivity contribution in [2.24, 2.45) is 5.41 Å². The highest BCUT2D eigenvalue weighted by atomic mass is 16.5. The number of methoxy groups -OCH3 is 1. The summed E-state index contributed by atoms with van der Waals surface area (Å²) in [4.78, 5) is 15.0. The second-order valence-corrected chi connectivity index (χ2v) is 5.46. The molecule has 0 aliphatic heterocycles. The number of carbonyl (C=O) groups is 1. The molecule has 2 atom stereocenters. The predicted octanol–water partition coefficient (Wildman–Crippen LogP) is 2.15. The number of nitrogens with zero attached hydrogens (tertiary/aromatic N) is 1. The molecular weight excluding hydrogens is 244 g/mol. The van der Waals surface area contributed by atoms with Crippen molar-refractivity contribution < 1.29 is 14.6 Å². The smallest absolute Gasteiger partial charge is 0.354 e. The first-order chi connectivity index (χ1) is 9.15. The molecule has 2 aliphatic carbocycles. The van der Waals surface area contributed by atoms with Gasteiger partial charge in [-0.3, -0.25) is 0 Å². The minimum absolute atomic E-state index is 0.0790. The molecular formula is C14H18N2O3. The van der Waals surface area contributed by atoms with Gasteiger partial charge < -0.3 is 15.2 Å². The number of hydrogen-bond donors (Lipinski definition) is 2. The Morgan fingerprint density at radius 1 is 1.53 bits per heavy atom. The maximum atomic E-state index is 10.9. The first-order valence-corrected chi connectivity index (χ1v) is 6.65. The Kier molecular flexibility index (Phi) is 2.93. The molecule has 2 N–H and O–H groups in total. The van der Waals surface area contributed by atoms with Crippen LogP contribution in [-0.4, -0.2) is 35.3 Å². The number of carboxylic acid groups (broad SMARTS) is 1. The number of pyridine rings is 1. The third-order valence-corrected chi connectivity index (χ3v) is 4.64. The number of aromatic nitrogens is 1. The summed E-state index contributed by atoms with van der Waals surface area (Å²) in [7, 11) is 1.77. The van der Waals surface area contributed by atoms with Crippen LogP contribution in [0.25, 0.3) is 0 Å². The molecule has 0 bridgehead atoms. The summed E-state index contributed by atoms with van der Waals surface area (Å²) < 4.78 is 5.52. The zero-order chi connectivity index (χ0) is 13.5. The molecule has 5 nitrogen and oxygen atoms in total. The molecule has 0 amide bonds. The van der Waals surface area contributed by atoms with E-state index in [0.717, 1.165) is 6.42 Å². The van der Waals surface area contributed by atoms with E-state index in [4.69, 9.17) is 9.84 Å². The molecule has 2 unspecified atom stereocenters. The van der Waals surface area contributed by atoms with E-state index in [1.807, 2.05) is 6.07 Å². The molecule has 0 radical (unpaired) electrons. The Hall–Kier alpha value is -1.62. The van der Waals surface area contributed by atoms with Gasteiger partial charge in [0.15, 0.2) is 5.69 Å². The van der Waals surface area contributed by atoms with Gasteiger partial charge in [0.1, 0.15) is 5.82 Å². The van der Waals surface area contributed by atoms with Crippen LogP contribution >= 0.6 is 0 Å². The highest BCUT2D eigenvalue weighted by molar-refractivity contribution is 5.85. The summed E-state index contributed by atoms with van der Waals surface area (Å²) in [6, 6.07) is 5.39. The van der Waals surface area contributed by atoms with Crippen LogP contribution in [-0.2, 0) is 4.74 Å². The van der Waals surface area contributed by atoms with Crippen LogP contribution in [0.5, 0.6) is 0 Å². The van der Waals surface area contributed by atoms with Crippen LogP contribution < -0.4 is 5.32 Å². The van der Waals surface area contributed by atoms with Crippen LogP contribution in [0.2, 0.25) is 0 Å². The predicted molar refractivity (Wildman–Crippen MR) is 70.3 cm³/mol. The van der Waals surface area contributed by atoms with Gasteiger partial charge in [0, 0.05) is 18.6 Å². The molecule has 5 heteroatoms. The van der Waals surface area contributed by atoms with Gasteiger partial charge in [0.25, 0.3) is 0 Å². The number of nitrogens with one attached hydrogen (secondary N) is 1. The molecule has 1 aromatic rings. The monoisotopic (exact) mass is 262 g/mol. The summed E-state index contributed by atoms with van der Waals surface area (Å²) >= 11 is 0. The standard InChI is InChI=1S/C14H18N2O3/c1-19-11-8-10(14(11)6-3-7-14)16-12-5-2-4-9(15-12)13(17)18/h2,4-5,10-11H,3,6-8H2,1H3,(H,15,16)(H,17,18). The number of carboxylic acids is 1. The number of rotatable bonds is 4. The van der Waals surface area contributed by atoms with E-state index >= 15 is 0 Å². The number of anilines is 1. The maximum Gasteiger partial charge on any atom is 0.354 e. The lowest BCUT2D eigenvalue weighted by Crippen LogP contribution is -2.64. The minimum atomic E-state index is -0.995. The summed E-state index contributed by atoms with van der Waals surface area (Å²) in [5.41, 5.74) is 0.325. The number of hydrogen-bond acceptors (Lipinski definition) is 4. The summed E-state index contributed by atoms with van der Waals surface area (Å²) in [5, 5.41) is 12.3. The van der Waals surface area contributed by atoms with Crippen LogP contribution in [0.1, 0.15) is 36.2 Å². The van der Waals surface area contributed by atoms with Gasteiger partial charge in [-0.25, -0.2) is 9.78 Å². The van der Waals surface area contributed by atoms with Gasteiger partial charge in [-0.2, -0.15) is 0 Å². The molecule has 2 fully saturated rings. The van der Waals surface area contributed by atoms with Crippen LogP contribution in [0.4, 0.5) is 5.82 Å². The second-order valence-electron chi connectivity index (χ2n) is 5.46. The van der Waals surface area contributed by atoms with Crippen molar-refractivity contribution in [3.63, 3.8) is 0 Å². The minimum Gasteiger partial charge on any atom is -0.477 e. The van der Waals surface area contributed by atoms with Crippen molar-refractivity contribution >= 4 is 11.8 Å². The quantitative estimate of drug-likeness (QED) is 0.870. The lowest BCUT2D eigenvalue weighted by atomic mass is 9.51. The van der Waals surface area contributed by atoms with E-state index in [1.54, 1.807) is 13.2 Å². The third kappa shape index (κ3) is 1.89. The van der Waals surface area contributed by atoms with E-state index in [-0.39, 0.29) is 11.1 Å². The Bertz CT molecular complexity index is 499. The number of aromatic carboxylic acids is 1. The average Bonchev–Trinajstić information content (AvgIpc) is 2.32. The van der Waals surface area contributed by atoms with Crippen molar-refractivity contribution in [3.05, 3.63) is 23.9 Å². The fourth-order valence-electron chi connectivity index (χ4n) is 3.35. The Morgan fingerprint density at radius 2 is 2.32 bits per heavy atom. The van der Waals surface area contributed by atoms with Gasteiger partial charge >= 0.3 is 5.97 Å². The molecule has 3 rings (SSSR count). The number of ether oxygens (including phenoxy) is 1. The SMILES string of the molecule is COC1CC(Nc2cccc(C(=O)O)n2)C12CCC2. The molecule has 1 aromatic heterocycles. The molecule has 19 heavy (non-hydrogen) atoms. The molecule has 0 aromatic carbocycles. The normalized spacial score (nSPS) is 27.4. The van der Waals surface area contributed by atoms with Gasteiger partial charge in [0.05, 0.1) is 6.10 Å². The lowest BCUT2D eigenvalue weighted by Gasteiger charge is -2.60. The summed E-state index contributed by atoms with van der Waals surface area (Å²) in [6.45, 7) is 0. The zero-order valence-corrected chi connectivity index (χ0v) is 10.9. The molecule has 2 saturated carbocycles. The Labute approximate surface area is 112 Å². The Balaban J connectivity index is 1.72. The van der Waals surface area contributed by atoms with Crippen molar-refractivity contribution in [1.82, 2.24) is 4.98 Å². The van der Waals surface area contributed by atoms with Crippen molar-refractivity contribution in [2.75, 3.05) is 12.4 Å². The van der Waals surface area contributed by atoms with E-state index in [9.17, 15) is 4.79 Å². The first-order valence-electron chi connectivity index (χ1n) is 6.65. The second kappa shape index (κ2) is 4.49. The van der Waals surface area contributed by atoms with Crippen molar-refractivity contribution in [2.45, 2.75) is 37.8 Å². The fraction of sp³-hybridized carbons (Fsp3) is 0.571. The van der Waals surface area contributed by atoms with E-state index < -0.39 is 5.97 Å². The van der Waals surface area contributed by atoms with Gasteiger partial charge in [-0.1, -0.05) is 12.5 Å². The highest BCUT2D eigenvalue weighted by Crippen LogP contribution is 2.57. The molecule has 102 valence electrons. The van der Waals surface area contributed by atoms with Gasteiger partial charge in [-0.05, 0) is 31.4 Å². The lowest BCUT2D eigenvalue weighted by molar-refractivity contribution is -0.145. The van der Waals surface area contributed by atoms with E-state index in [0.29, 0.717) is 18.0 Å². The van der Waals surface area contributed by atoms with Gasteiger partial charge in [0.2, 0.25) is 0 Å².